The fourth-order valence-electron chi connectivity index (χ4n) is 2.45. The molecule has 3 N–H and O–H groups in total. The molecule has 1 aliphatic heterocycles. The Balaban J connectivity index is 2.11. The van der Waals surface area contributed by atoms with Crippen molar-refractivity contribution in [3.8, 4) is 0 Å². The number of hydrogen-bond acceptors (Lipinski definition) is 4. The van der Waals surface area contributed by atoms with Crippen molar-refractivity contribution in [1.29, 1.82) is 0 Å². The van der Waals surface area contributed by atoms with Crippen LogP contribution in [0.3, 0.4) is 0 Å². The van der Waals surface area contributed by atoms with Crippen LogP contribution >= 0.6 is 0 Å². The van der Waals surface area contributed by atoms with Crippen LogP contribution in [0.4, 0.5) is 4.39 Å². The van der Waals surface area contributed by atoms with Gasteiger partial charge in [0.15, 0.2) is 0 Å². The second-order valence-corrected chi connectivity index (χ2v) is 6.15. The minimum absolute atomic E-state index is 0.0178. The summed E-state index contributed by atoms with van der Waals surface area (Å²) in [5.74, 6) is -0.468. The average molecular weight is 309 g/mol. The van der Waals surface area contributed by atoms with E-state index in [1.807, 2.05) is 0 Å². The third-order valence-electron chi connectivity index (χ3n) is 3.78. The molecular formula is C16H24FN3O2. The van der Waals surface area contributed by atoms with Crippen LogP contribution in [0.15, 0.2) is 24.3 Å². The van der Waals surface area contributed by atoms with E-state index in [4.69, 9.17) is 10.5 Å². The van der Waals surface area contributed by atoms with Crippen LogP contribution in [0, 0.1) is 5.82 Å². The molecule has 5 nitrogen and oxygen atoms in total. The molecule has 122 valence electrons. The van der Waals surface area contributed by atoms with Gasteiger partial charge < -0.3 is 15.8 Å². The molecule has 0 aromatic heterocycles. The molecule has 0 radical (unpaired) electrons. The van der Waals surface area contributed by atoms with E-state index in [1.165, 1.54) is 12.1 Å². The van der Waals surface area contributed by atoms with E-state index in [9.17, 15) is 9.18 Å². The number of nitrogens with one attached hydrogen (secondary N) is 1. The maximum absolute atomic E-state index is 13.1. The number of hydrogen-bond donors (Lipinski definition) is 2. The summed E-state index contributed by atoms with van der Waals surface area (Å²) in [7, 11) is 0. The molecule has 0 saturated carbocycles. The molecule has 1 fully saturated rings. The van der Waals surface area contributed by atoms with Gasteiger partial charge in [-0.05, 0) is 31.5 Å². The first-order chi connectivity index (χ1) is 10.4. The molecule has 1 aliphatic rings. The van der Waals surface area contributed by atoms with Gasteiger partial charge in [-0.1, -0.05) is 12.1 Å². The highest BCUT2D eigenvalue weighted by atomic mass is 19.1. The number of nitrogens with zero attached hydrogens (tertiary/aromatic N) is 1. The molecule has 0 bridgehead atoms. The molecule has 1 aromatic rings. The standard InChI is InChI=1S/C16H24FN3O2/c1-16(2,18)15(21)19-11-14(20-7-9-22-10-8-20)12-3-5-13(17)6-4-12/h3-6,14H,7-11,18H2,1-2H3,(H,19,21). The number of carbonyl (C=O) groups is 1. The highest BCUT2D eigenvalue weighted by molar-refractivity contribution is 5.85. The number of benzene rings is 1. The van der Waals surface area contributed by atoms with Crippen LogP contribution < -0.4 is 11.1 Å². The Morgan fingerprint density at radius 2 is 1.95 bits per heavy atom. The van der Waals surface area contributed by atoms with Gasteiger partial charge in [0.2, 0.25) is 5.91 Å². The number of amides is 1. The van der Waals surface area contributed by atoms with Crippen LogP contribution in [-0.2, 0) is 9.53 Å². The topological polar surface area (TPSA) is 67.6 Å². The molecule has 2 rings (SSSR count). The average Bonchev–Trinajstić information content (AvgIpc) is 2.49. The summed E-state index contributed by atoms with van der Waals surface area (Å²) in [5.41, 5.74) is 5.86. The van der Waals surface area contributed by atoms with Crippen molar-refractivity contribution in [2.24, 2.45) is 5.73 Å². The summed E-state index contributed by atoms with van der Waals surface area (Å²) in [4.78, 5) is 14.2. The lowest BCUT2D eigenvalue weighted by atomic mass is 10.0. The van der Waals surface area contributed by atoms with Crippen molar-refractivity contribution < 1.29 is 13.9 Å². The lowest BCUT2D eigenvalue weighted by molar-refractivity contribution is -0.125. The highest BCUT2D eigenvalue weighted by Gasteiger charge is 2.26. The van der Waals surface area contributed by atoms with Gasteiger partial charge in [-0.2, -0.15) is 0 Å². The summed E-state index contributed by atoms with van der Waals surface area (Å²) in [6.45, 7) is 6.66. The Morgan fingerprint density at radius 1 is 1.36 bits per heavy atom. The summed E-state index contributed by atoms with van der Waals surface area (Å²) in [6.07, 6.45) is 0. The first-order valence-electron chi connectivity index (χ1n) is 7.52. The fourth-order valence-corrected chi connectivity index (χ4v) is 2.45. The van der Waals surface area contributed by atoms with E-state index in [-0.39, 0.29) is 17.8 Å². The summed E-state index contributed by atoms with van der Waals surface area (Å²) in [5, 5.41) is 2.89. The molecule has 0 spiro atoms. The number of nitrogens with two attached hydrogens (primary N) is 1. The molecule has 1 heterocycles. The zero-order valence-corrected chi connectivity index (χ0v) is 13.1. The van der Waals surface area contributed by atoms with Gasteiger partial charge in [0.05, 0.1) is 24.8 Å². The Hall–Kier alpha value is -1.50. The quantitative estimate of drug-likeness (QED) is 0.853. The predicted octanol–water partition coefficient (Wildman–Crippen LogP) is 1.05. The van der Waals surface area contributed by atoms with E-state index in [0.29, 0.717) is 19.8 Å². The van der Waals surface area contributed by atoms with Crippen molar-refractivity contribution in [3.63, 3.8) is 0 Å². The normalized spacial score (nSPS) is 18.0. The summed E-state index contributed by atoms with van der Waals surface area (Å²) < 4.78 is 18.5. The van der Waals surface area contributed by atoms with E-state index in [0.717, 1.165) is 18.7 Å². The van der Waals surface area contributed by atoms with Crippen LogP contribution in [0.25, 0.3) is 0 Å². The number of morpholine rings is 1. The minimum Gasteiger partial charge on any atom is -0.379 e. The first-order valence-corrected chi connectivity index (χ1v) is 7.52. The molecular weight excluding hydrogens is 285 g/mol. The first kappa shape index (κ1) is 16.9. The molecule has 22 heavy (non-hydrogen) atoms. The van der Waals surface area contributed by atoms with Crippen molar-refractivity contribution in [1.82, 2.24) is 10.2 Å². The monoisotopic (exact) mass is 309 g/mol. The molecule has 0 aliphatic carbocycles. The Morgan fingerprint density at radius 3 is 2.50 bits per heavy atom. The maximum atomic E-state index is 13.1. The van der Waals surface area contributed by atoms with Gasteiger partial charge in [-0.25, -0.2) is 4.39 Å². The van der Waals surface area contributed by atoms with E-state index >= 15 is 0 Å². The lowest BCUT2D eigenvalue weighted by Crippen LogP contribution is -2.51. The predicted molar refractivity (Wildman–Crippen MR) is 82.8 cm³/mol. The Kier molecular flexibility index (Phi) is 5.50. The van der Waals surface area contributed by atoms with Crippen LogP contribution in [0.5, 0.6) is 0 Å². The molecule has 1 saturated heterocycles. The molecule has 1 unspecified atom stereocenters. The third-order valence-corrected chi connectivity index (χ3v) is 3.78. The molecule has 1 atom stereocenters. The smallest absolute Gasteiger partial charge is 0.239 e. The number of rotatable bonds is 5. The highest BCUT2D eigenvalue weighted by Crippen LogP contribution is 2.21. The van der Waals surface area contributed by atoms with Crippen molar-refractivity contribution in [2.45, 2.75) is 25.4 Å². The molecule has 1 aromatic carbocycles. The van der Waals surface area contributed by atoms with Crippen LogP contribution in [-0.4, -0.2) is 49.2 Å². The van der Waals surface area contributed by atoms with Crippen molar-refractivity contribution in [2.75, 3.05) is 32.8 Å². The molecule has 1 amide bonds. The van der Waals surface area contributed by atoms with E-state index in [1.54, 1.807) is 26.0 Å². The van der Waals surface area contributed by atoms with Gasteiger partial charge in [0.1, 0.15) is 5.82 Å². The second-order valence-electron chi connectivity index (χ2n) is 6.15. The third kappa shape index (κ3) is 4.50. The maximum Gasteiger partial charge on any atom is 0.239 e. The zero-order chi connectivity index (χ0) is 16.2. The van der Waals surface area contributed by atoms with Gasteiger partial charge in [0.25, 0.3) is 0 Å². The zero-order valence-electron chi connectivity index (χ0n) is 13.1. The molecule has 6 heteroatoms. The van der Waals surface area contributed by atoms with Crippen LogP contribution in [0.2, 0.25) is 0 Å². The second kappa shape index (κ2) is 7.17. The Bertz CT molecular complexity index is 493. The van der Waals surface area contributed by atoms with E-state index in [2.05, 4.69) is 10.2 Å². The van der Waals surface area contributed by atoms with Gasteiger partial charge in [0, 0.05) is 19.6 Å². The number of ether oxygens (including phenoxy) is 1. The fraction of sp³-hybridized carbons (Fsp3) is 0.562. The SMILES string of the molecule is CC(C)(N)C(=O)NCC(c1ccc(F)cc1)N1CCOCC1. The van der Waals surface area contributed by atoms with Crippen molar-refractivity contribution in [3.05, 3.63) is 35.6 Å². The Labute approximate surface area is 130 Å². The summed E-state index contributed by atoms with van der Waals surface area (Å²) in [6, 6.07) is 6.38. The van der Waals surface area contributed by atoms with Crippen LogP contribution in [0.1, 0.15) is 25.5 Å². The lowest BCUT2D eigenvalue weighted by Gasteiger charge is -2.35. The van der Waals surface area contributed by atoms with E-state index < -0.39 is 5.54 Å². The largest absolute Gasteiger partial charge is 0.379 e. The number of halogens is 1. The minimum atomic E-state index is -0.918. The number of carbonyl (C=O) groups excluding carboxylic acids is 1. The summed E-state index contributed by atoms with van der Waals surface area (Å²) >= 11 is 0. The van der Waals surface area contributed by atoms with Gasteiger partial charge in [-0.3, -0.25) is 9.69 Å². The van der Waals surface area contributed by atoms with Crippen molar-refractivity contribution >= 4 is 5.91 Å². The van der Waals surface area contributed by atoms with Gasteiger partial charge >= 0.3 is 0 Å². The van der Waals surface area contributed by atoms with Gasteiger partial charge in [-0.15, -0.1) is 0 Å².